The zero-order valence-corrected chi connectivity index (χ0v) is 16.2. The van der Waals surface area contributed by atoms with Crippen molar-refractivity contribution in [1.82, 2.24) is 14.5 Å². The Morgan fingerprint density at radius 3 is 2.72 bits per heavy atom. The van der Waals surface area contributed by atoms with Gasteiger partial charge >= 0.3 is 0 Å². The van der Waals surface area contributed by atoms with Crippen molar-refractivity contribution in [3.8, 4) is 11.3 Å². The van der Waals surface area contributed by atoms with Crippen molar-refractivity contribution in [3.63, 3.8) is 0 Å². The van der Waals surface area contributed by atoms with E-state index in [1.165, 1.54) is 23.9 Å². The fraction of sp³-hybridized carbons (Fsp3) is 0.190. The summed E-state index contributed by atoms with van der Waals surface area (Å²) in [5.41, 5.74) is 1.23. The third-order valence-corrected chi connectivity index (χ3v) is 5.33. The molecule has 8 heteroatoms. The fourth-order valence-corrected chi connectivity index (χ4v) is 3.81. The first-order chi connectivity index (χ1) is 14.2. The van der Waals surface area contributed by atoms with E-state index < -0.39 is 0 Å². The van der Waals surface area contributed by atoms with Crippen molar-refractivity contribution in [3.05, 3.63) is 76.8 Å². The number of nitrogens with zero attached hydrogens (tertiary/aromatic N) is 3. The maximum Gasteiger partial charge on any atom is 0.262 e. The van der Waals surface area contributed by atoms with E-state index in [9.17, 15) is 9.18 Å². The summed E-state index contributed by atoms with van der Waals surface area (Å²) in [6, 6.07) is 13.2. The number of benzene rings is 2. The second-order valence-corrected chi connectivity index (χ2v) is 7.30. The first-order valence-electron chi connectivity index (χ1n) is 9.09. The molecule has 0 spiro atoms. The van der Waals surface area contributed by atoms with Gasteiger partial charge in [0.15, 0.2) is 10.9 Å². The highest BCUT2D eigenvalue weighted by molar-refractivity contribution is 7.98. The number of aliphatic hydroxyl groups is 1. The lowest BCUT2D eigenvalue weighted by atomic mass is 10.2. The summed E-state index contributed by atoms with van der Waals surface area (Å²) < 4.78 is 20.4. The second kappa shape index (κ2) is 8.59. The lowest BCUT2D eigenvalue weighted by molar-refractivity contribution is 0.276. The van der Waals surface area contributed by atoms with Crippen LogP contribution in [0.15, 0.2) is 69.1 Å². The molecule has 29 heavy (non-hydrogen) atoms. The van der Waals surface area contributed by atoms with Gasteiger partial charge in [0.1, 0.15) is 5.82 Å². The average molecular weight is 411 g/mol. The minimum absolute atomic E-state index is 0.00978. The number of oxazole rings is 1. The van der Waals surface area contributed by atoms with Crippen LogP contribution in [-0.2, 0) is 12.3 Å². The maximum atomic E-state index is 13.1. The predicted octanol–water partition coefficient (Wildman–Crippen LogP) is 3.87. The molecule has 148 valence electrons. The van der Waals surface area contributed by atoms with Gasteiger partial charge in [-0.3, -0.25) is 9.36 Å². The highest BCUT2D eigenvalue weighted by Crippen LogP contribution is 2.26. The summed E-state index contributed by atoms with van der Waals surface area (Å²) in [7, 11) is 0. The van der Waals surface area contributed by atoms with E-state index >= 15 is 0 Å². The number of aromatic nitrogens is 3. The largest absolute Gasteiger partial charge is 0.440 e. The van der Waals surface area contributed by atoms with Gasteiger partial charge in [-0.1, -0.05) is 23.9 Å². The third kappa shape index (κ3) is 4.23. The Bertz CT molecular complexity index is 1190. The highest BCUT2D eigenvalue weighted by atomic mass is 32.2. The Morgan fingerprint density at radius 2 is 1.93 bits per heavy atom. The molecular weight excluding hydrogens is 393 g/mol. The van der Waals surface area contributed by atoms with E-state index in [2.05, 4.69) is 9.97 Å². The Labute approximate surface area is 170 Å². The molecule has 0 saturated carbocycles. The molecule has 0 aliphatic rings. The van der Waals surface area contributed by atoms with E-state index in [-0.39, 0.29) is 18.0 Å². The van der Waals surface area contributed by atoms with E-state index in [4.69, 9.17) is 9.52 Å². The number of fused-ring (bicyclic) bond motifs is 1. The van der Waals surface area contributed by atoms with Crippen molar-refractivity contribution in [1.29, 1.82) is 0 Å². The zero-order chi connectivity index (χ0) is 20.2. The first kappa shape index (κ1) is 19.4. The monoisotopic (exact) mass is 411 g/mol. The SMILES string of the molecule is O=c1c2ccccc2nc(SCc2ncc(-c3ccc(F)cc3)o2)n1CCCO. The summed E-state index contributed by atoms with van der Waals surface area (Å²) in [5, 5.41) is 10.3. The first-order valence-corrected chi connectivity index (χ1v) is 10.1. The molecule has 6 nitrogen and oxygen atoms in total. The summed E-state index contributed by atoms with van der Waals surface area (Å²) in [4.78, 5) is 21.7. The molecule has 0 radical (unpaired) electrons. The number of thioether (sulfide) groups is 1. The van der Waals surface area contributed by atoms with E-state index in [1.54, 1.807) is 41.1 Å². The number of hydrogen-bond donors (Lipinski definition) is 1. The van der Waals surface area contributed by atoms with Crippen molar-refractivity contribution >= 4 is 22.7 Å². The van der Waals surface area contributed by atoms with E-state index in [1.807, 2.05) is 6.07 Å². The van der Waals surface area contributed by atoms with Crippen LogP contribution in [0.25, 0.3) is 22.2 Å². The van der Waals surface area contributed by atoms with Crippen molar-refractivity contribution < 1.29 is 13.9 Å². The normalized spacial score (nSPS) is 11.2. The zero-order valence-electron chi connectivity index (χ0n) is 15.4. The van der Waals surface area contributed by atoms with Gasteiger partial charge < -0.3 is 9.52 Å². The van der Waals surface area contributed by atoms with Gasteiger partial charge in [0, 0.05) is 18.7 Å². The molecule has 0 unspecified atom stereocenters. The average Bonchev–Trinajstić information content (AvgIpc) is 3.21. The second-order valence-electron chi connectivity index (χ2n) is 6.36. The van der Waals surface area contributed by atoms with Crippen LogP contribution in [0.1, 0.15) is 12.3 Å². The third-order valence-electron chi connectivity index (χ3n) is 4.37. The van der Waals surface area contributed by atoms with Crippen LogP contribution in [0.3, 0.4) is 0 Å². The van der Waals surface area contributed by atoms with Gasteiger partial charge in [0.2, 0.25) is 5.89 Å². The van der Waals surface area contributed by atoms with Crippen LogP contribution in [0.4, 0.5) is 4.39 Å². The minimum Gasteiger partial charge on any atom is -0.440 e. The Morgan fingerprint density at radius 1 is 1.14 bits per heavy atom. The number of para-hydroxylation sites is 1. The molecular formula is C21H18FN3O3S. The Hall–Kier alpha value is -2.97. The van der Waals surface area contributed by atoms with Crippen molar-refractivity contribution in [2.75, 3.05) is 6.61 Å². The van der Waals surface area contributed by atoms with Gasteiger partial charge in [-0.2, -0.15) is 0 Å². The molecule has 1 N–H and O–H groups in total. The molecule has 4 aromatic rings. The molecule has 2 heterocycles. The molecule has 0 bridgehead atoms. The van der Waals surface area contributed by atoms with Crippen LogP contribution >= 0.6 is 11.8 Å². The fourth-order valence-electron chi connectivity index (χ4n) is 2.93. The summed E-state index contributed by atoms with van der Waals surface area (Å²) in [6.07, 6.45) is 2.05. The standard InChI is InChI=1S/C21H18FN3O3S/c22-15-8-6-14(7-9-15)18-12-23-19(28-18)13-29-21-24-17-5-2-1-4-16(17)20(27)25(21)10-3-11-26/h1-2,4-9,12,26H,3,10-11,13H2. The molecule has 2 aromatic heterocycles. The Kier molecular flexibility index (Phi) is 5.73. The summed E-state index contributed by atoms with van der Waals surface area (Å²) >= 11 is 1.34. The molecule has 0 atom stereocenters. The molecule has 0 aliphatic heterocycles. The predicted molar refractivity (Wildman–Crippen MR) is 109 cm³/mol. The van der Waals surface area contributed by atoms with Crippen molar-refractivity contribution in [2.45, 2.75) is 23.9 Å². The van der Waals surface area contributed by atoms with Crippen LogP contribution in [0.5, 0.6) is 0 Å². The van der Waals surface area contributed by atoms with Crippen LogP contribution in [-0.4, -0.2) is 26.2 Å². The Balaban J connectivity index is 1.59. The smallest absolute Gasteiger partial charge is 0.262 e. The van der Waals surface area contributed by atoms with Crippen LogP contribution in [0, 0.1) is 5.82 Å². The molecule has 4 rings (SSSR count). The lowest BCUT2D eigenvalue weighted by Crippen LogP contribution is -2.24. The van der Waals surface area contributed by atoms with Gasteiger partial charge in [0.25, 0.3) is 5.56 Å². The number of halogens is 1. The molecule has 0 saturated heterocycles. The van der Waals surface area contributed by atoms with Crippen molar-refractivity contribution in [2.24, 2.45) is 0 Å². The number of hydrogen-bond acceptors (Lipinski definition) is 6. The topological polar surface area (TPSA) is 81.2 Å². The van der Waals surface area contributed by atoms with Gasteiger partial charge in [-0.25, -0.2) is 14.4 Å². The lowest BCUT2D eigenvalue weighted by Gasteiger charge is -2.12. The van der Waals surface area contributed by atoms with E-state index in [0.29, 0.717) is 46.4 Å². The van der Waals surface area contributed by atoms with Gasteiger partial charge in [0.05, 0.1) is 22.9 Å². The van der Waals surface area contributed by atoms with Gasteiger partial charge in [-0.15, -0.1) is 0 Å². The summed E-state index contributed by atoms with van der Waals surface area (Å²) in [5.74, 6) is 1.09. The van der Waals surface area contributed by atoms with Crippen LogP contribution in [0.2, 0.25) is 0 Å². The van der Waals surface area contributed by atoms with Crippen LogP contribution < -0.4 is 5.56 Å². The minimum atomic E-state index is -0.313. The molecule has 0 aliphatic carbocycles. The number of rotatable bonds is 7. The molecule has 0 fully saturated rings. The van der Waals surface area contributed by atoms with Gasteiger partial charge in [-0.05, 0) is 42.8 Å². The quantitative estimate of drug-likeness (QED) is 0.367. The summed E-state index contributed by atoms with van der Waals surface area (Å²) in [6.45, 7) is 0.367. The molecule has 2 aromatic carbocycles. The van der Waals surface area contributed by atoms with E-state index in [0.717, 1.165) is 5.56 Å². The maximum absolute atomic E-state index is 13.1. The molecule has 0 amide bonds. The number of aliphatic hydroxyl groups excluding tert-OH is 1. The highest BCUT2D eigenvalue weighted by Gasteiger charge is 2.13.